The molecule has 0 aromatic carbocycles. The highest BCUT2D eigenvalue weighted by molar-refractivity contribution is 7.12. The molecule has 0 aliphatic heterocycles. The smallest absolute Gasteiger partial charge is 0.177 e. The molecule has 1 aliphatic carbocycles. The lowest BCUT2D eigenvalue weighted by molar-refractivity contribution is 0.0875. The molecule has 2 nitrogen and oxygen atoms in total. The van der Waals surface area contributed by atoms with Crippen LogP contribution in [0.15, 0.2) is 17.5 Å². The van der Waals surface area contributed by atoms with Gasteiger partial charge in [-0.05, 0) is 24.3 Å². The predicted molar refractivity (Wildman–Crippen MR) is 58.6 cm³/mol. The van der Waals surface area contributed by atoms with Crippen molar-refractivity contribution in [3.05, 3.63) is 22.4 Å². The molecule has 0 spiro atoms. The van der Waals surface area contributed by atoms with E-state index < -0.39 is 0 Å². The molecule has 2 rings (SSSR count). The van der Waals surface area contributed by atoms with Gasteiger partial charge in [0.25, 0.3) is 0 Å². The van der Waals surface area contributed by atoms with Crippen LogP contribution in [0.4, 0.5) is 0 Å². The van der Waals surface area contributed by atoms with Crippen LogP contribution in [-0.2, 0) is 0 Å². The van der Waals surface area contributed by atoms with Crippen LogP contribution in [0.5, 0.6) is 0 Å². The van der Waals surface area contributed by atoms with Crippen LogP contribution in [0, 0.1) is 5.92 Å². The van der Waals surface area contributed by atoms with E-state index in [2.05, 4.69) is 0 Å². The number of thiophene rings is 1. The lowest BCUT2D eigenvalue weighted by atomic mass is 9.82. The normalized spacial score (nSPS) is 27.5. The Morgan fingerprint density at radius 2 is 2.21 bits per heavy atom. The summed E-state index contributed by atoms with van der Waals surface area (Å²) < 4.78 is 0. The Balaban J connectivity index is 2.10. The van der Waals surface area contributed by atoms with Gasteiger partial charge < -0.3 is 5.73 Å². The Labute approximate surface area is 88.1 Å². The van der Waals surface area contributed by atoms with Crippen LogP contribution in [0.25, 0.3) is 0 Å². The molecule has 1 saturated carbocycles. The Morgan fingerprint density at radius 3 is 2.86 bits per heavy atom. The van der Waals surface area contributed by atoms with Gasteiger partial charge >= 0.3 is 0 Å². The molecule has 1 fully saturated rings. The molecule has 0 amide bonds. The van der Waals surface area contributed by atoms with E-state index in [0.29, 0.717) is 0 Å². The summed E-state index contributed by atoms with van der Waals surface area (Å²) in [6.45, 7) is 0. The molecule has 1 aromatic rings. The van der Waals surface area contributed by atoms with Gasteiger partial charge in [-0.3, -0.25) is 4.79 Å². The summed E-state index contributed by atoms with van der Waals surface area (Å²) in [5.74, 6) is 0.328. The molecular formula is C11H15NOS. The van der Waals surface area contributed by atoms with Gasteiger partial charge in [0.2, 0.25) is 0 Å². The third kappa shape index (κ3) is 1.88. The first kappa shape index (κ1) is 9.87. The maximum absolute atomic E-state index is 12.0. The van der Waals surface area contributed by atoms with Crippen molar-refractivity contribution >= 4 is 17.1 Å². The summed E-state index contributed by atoms with van der Waals surface area (Å²) in [7, 11) is 0. The predicted octanol–water partition coefficient (Wildman–Crippen LogP) is 2.45. The molecule has 2 atom stereocenters. The second-order valence-corrected chi connectivity index (χ2v) is 4.84. The minimum atomic E-state index is 0.0717. The second kappa shape index (κ2) is 4.24. The molecule has 1 aliphatic rings. The average Bonchev–Trinajstić information content (AvgIpc) is 2.70. The molecular weight excluding hydrogens is 194 g/mol. The molecule has 3 heteroatoms. The fourth-order valence-corrected chi connectivity index (χ4v) is 2.81. The van der Waals surface area contributed by atoms with E-state index in [1.165, 1.54) is 17.8 Å². The quantitative estimate of drug-likeness (QED) is 0.760. The first-order chi connectivity index (χ1) is 6.79. The highest BCUT2D eigenvalue weighted by atomic mass is 32.1. The zero-order valence-corrected chi connectivity index (χ0v) is 8.93. The minimum absolute atomic E-state index is 0.0717. The minimum Gasteiger partial charge on any atom is -0.327 e. The molecule has 1 aromatic heterocycles. The van der Waals surface area contributed by atoms with E-state index in [4.69, 9.17) is 5.73 Å². The third-order valence-corrected chi connectivity index (χ3v) is 3.80. The van der Waals surface area contributed by atoms with Crippen LogP contribution in [-0.4, -0.2) is 11.8 Å². The lowest BCUT2D eigenvalue weighted by Gasteiger charge is -2.26. The van der Waals surface area contributed by atoms with Crippen LogP contribution in [0.2, 0.25) is 0 Å². The Hall–Kier alpha value is -0.670. The number of rotatable bonds is 2. The number of nitrogens with two attached hydrogens (primary N) is 1. The van der Waals surface area contributed by atoms with Gasteiger partial charge in [-0.1, -0.05) is 18.9 Å². The van der Waals surface area contributed by atoms with Crippen molar-refractivity contribution in [3.8, 4) is 0 Å². The van der Waals surface area contributed by atoms with Crippen LogP contribution >= 0.6 is 11.3 Å². The summed E-state index contributed by atoms with van der Waals surface area (Å²) >= 11 is 1.52. The standard InChI is InChI=1S/C11H15NOS/c12-9-5-2-1-4-8(9)11(13)10-6-3-7-14-10/h3,6-9H,1-2,4-5,12H2. The second-order valence-electron chi connectivity index (χ2n) is 3.90. The van der Waals surface area contributed by atoms with Gasteiger partial charge in [0.15, 0.2) is 5.78 Å². The topological polar surface area (TPSA) is 43.1 Å². The third-order valence-electron chi connectivity index (χ3n) is 2.92. The molecule has 2 N–H and O–H groups in total. The van der Waals surface area contributed by atoms with Crippen molar-refractivity contribution in [2.24, 2.45) is 11.7 Å². The SMILES string of the molecule is NC1CCCCC1C(=O)c1cccs1. The van der Waals surface area contributed by atoms with Crippen LogP contribution in [0.3, 0.4) is 0 Å². The molecule has 0 bridgehead atoms. The van der Waals surface area contributed by atoms with E-state index in [1.54, 1.807) is 0 Å². The summed E-state index contributed by atoms with van der Waals surface area (Å²) in [6, 6.07) is 3.90. The van der Waals surface area contributed by atoms with E-state index in [-0.39, 0.29) is 17.7 Å². The maximum Gasteiger partial charge on any atom is 0.177 e. The zero-order chi connectivity index (χ0) is 9.97. The summed E-state index contributed by atoms with van der Waals surface area (Å²) in [5, 5.41) is 1.95. The molecule has 0 saturated heterocycles. The monoisotopic (exact) mass is 209 g/mol. The van der Waals surface area contributed by atoms with Gasteiger partial charge in [0, 0.05) is 12.0 Å². The van der Waals surface area contributed by atoms with Gasteiger partial charge in [-0.2, -0.15) is 0 Å². The Kier molecular flexibility index (Phi) is 2.99. The van der Waals surface area contributed by atoms with E-state index in [1.807, 2.05) is 17.5 Å². The Bertz CT molecular complexity index is 307. The first-order valence-corrected chi connectivity index (χ1v) is 6.00. The van der Waals surface area contributed by atoms with Crippen molar-refractivity contribution in [2.75, 3.05) is 0 Å². The summed E-state index contributed by atoms with van der Waals surface area (Å²) in [4.78, 5) is 12.9. The largest absolute Gasteiger partial charge is 0.327 e. The number of ketones is 1. The molecule has 0 radical (unpaired) electrons. The van der Waals surface area contributed by atoms with E-state index in [9.17, 15) is 4.79 Å². The number of Topliss-reactive ketones (excluding diaryl/α,β-unsaturated/α-hetero) is 1. The molecule has 14 heavy (non-hydrogen) atoms. The first-order valence-electron chi connectivity index (χ1n) is 5.12. The number of hydrogen-bond acceptors (Lipinski definition) is 3. The van der Waals surface area contributed by atoms with Gasteiger partial charge in [-0.25, -0.2) is 0 Å². The van der Waals surface area contributed by atoms with Crippen molar-refractivity contribution < 1.29 is 4.79 Å². The van der Waals surface area contributed by atoms with Crippen molar-refractivity contribution in [3.63, 3.8) is 0 Å². The molecule has 76 valence electrons. The van der Waals surface area contributed by atoms with E-state index in [0.717, 1.165) is 24.1 Å². The average molecular weight is 209 g/mol. The highest BCUT2D eigenvalue weighted by Gasteiger charge is 2.29. The zero-order valence-electron chi connectivity index (χ0n) is 8.11. The number of carbonyl (C=O) groups is 1. The summed E-state index contributed by atoms with van der Waals surface area (Å²) in [5.41, 5.74) is 5.97. The number of carbonyl (C=O) groups excluding carboxylic acids is 1. The maximum atomic E-state index is 12.0. The summed E-state index contributed by atoms with van der Waals surface area (Å²) in [6.07, 6.45) is 4.30. The highest BCUT2D eigenvalue weighted by Crippen LogP contribution is 2.27. The van der Waals surface area contributed by atoms with Crippen LogP contribution in [0.1, 0.15) is 35.4 Å². The fourth-order valence-electron chi connectivity index (χ4n) is 2.09. The van der Waals surface area contributed by atoms with Crippen LogP contribution < -0.4 is 5.73 Å². The molecule has 2 unspecified atom stereocenters. The van der Waals surface area contributed by atoms with Crippen molar-refractivity contribution in [1.29, 1.82) is 0 Å². The van der Waals surface area contributed by atoms with Gasteiger partial charge in [-0.15, -0.1) is 11.3 Å². The van der Waals surface area contributed by atoms with Gasteiger partial charge in [0.1, 0.15) is 0 Å². The number of hydrogen-bond donors (Lipinski definition) is 1. The van der Waals surface area contributed by atoms with Crippen molar-refractivity contribution in [1.82, 2.24) is 0 Å². The van der Waals surface area contributed by atoms with Gasteiger partial charge in [0.05, 0.1) is 4.88 Å². The lowest BCUT2D eigenvalue weighted by Crippen LogP contribution is -2.37. The Morgan fingerprint density at radius 1 is 1.43 bits per heavy atom. The fraction of sp³-hybridized carbons (Fsp3) is 0.545. The molecule has 1 heterocycles. The van der Waals surface area contributed by atoms with Crippen molar-refractivity contribution in [2.45, 2.75) is 31.7 Å². The van der Waals surface area contributed by atoms with E-state index >= 15 is 0 Å².